The van der Waals surface area contributed by atoms with Crippen LogP contribution in [0.1, 0.15) is 29.0 Å². The summed E-state index contributed by atoms with van der Waals surface area (Å²) in [5, 5.41) is 3.34. The number of nitrogens with zero attached hydrogens (tertiary/aromatic N) is 2. The predicted molar refractivity (Wildman–Crippen MR) is 69.4 cm³/mol. The van der Waals surface area contributed by atoms with Crippen LogP contribution < -0.4 is 5.32 Å². The van der Waals surface area contributed by atoms with Crippen LogP contribution in [0.3, 0.4) is 0 Å². The largest absolute Gasteiger partial charge is 0.344 e. The highest BCUT2D eigenvalue weighted by atomic mass is 35.5. The smallest absolute Gasteiger partial charge is 0.270 e. The lowest BCUT2D eigenvalue weighted by Crippen LogP contribution is -2.27. The second kappa shape index (κ2) is 5.60. The Balaban J connectivity index is 2.08. The molecule has 92 valence electrons. The molecule has 18 heavy (non-hydrogen) atoms. The van der Waals surface area contributed by atoms with Gasteiger partial charge < -0.3 is 5.32 Å². The SMILES string of the molecule is C[C@H](NC(=O)c1cc(Cl)ccn1)c1ccncc1. The van der Waals surface area contributed by atoms with E-state index in [2.05, 4.69) is 15.3 Å². The van der Waals surface area contributed by atoms with Crippen molar-refractivity contribution in [2.75, 3.05) is 0 Å². The predicted octanol–water partition coefficient (Wildman–Crippen LogP) is 2.62. The van der Waals surface area contributed by atoms with Crippen molar-refractivity contribution in [3.63, 3.8) is 0 Å². The molecule has 1 N–H and O–H groups in total. The van der Waals surface area contributed by atoms with Crippen molar-refractivity contribution in [1.82, 2.24) is 15.3 Å². The number of pyridine rings is 2. The molecule has 4 nitrogen and oxygen atoms in total. The van der Waals surface area contributed by atoms with E-state index >= 15 is 0 Å². The van der Waals surface area contributed by atoms with Crippen LogP contribution in [0.5, 0.6) is 0 Å². The summed E-state index contributed by atoms with van der Waals surface area (Å²) in [6, 6.07) is 6.77. The lowest BCUT2D eigenvalue weighted by Gasteiger charge is -2.13. The van der Waals surface area contributed by atoms with E-state index in [1.54, 1.807) is 18.5 Å². The lowest BCUT2D eigenvalue weighted by atomic mass is 10.1. The van der Waals surface area contributed by atoms with Gasteiger partial charge >= 0.3 is 0 Å². The van der Waals surface area contributed by atoms with Crippen molar-refractivity contribution >= 4 is 17.5 Å². The molecule has 0 spiro atoms. The molecule has 0 fully saturated rings. The average molecular weight is 262 g/mol. The van der Waals surface area contributed by atoms with Crippen molar-refractivity contribution in [2.24, 2.45) is 0 Å². The molecule has 1 amide bonds. The van der Waals surface area contributed by atoms with E-state index in [9.17, 15) is 4.79 Å². The number of aromatic nitrogens is 2. The molecule has 0 unspecified atom stereocenters. The Morgan fingerprint density at radius 2 is 2.00 bits per heavy atom. The fourth-order valence-electron chi connectivity index (χ4n) is 1.53. The number of amides is 1. The Hall–Kier alpha value is -1.94. The Bertz CT molecular complexity index is 545. The van der Waals surface area contributed by atoms with Crippen LogP contribution >= 0.6 is 11.6 Å². The molecule has 2 aromatic rings. The third kappa shape index (κ3) is 3.05. The molecule has 0 bridgehead atoms. The van der Waals surface area contributed by atoms with Crippen LogP contribution in [0, 0.1) is 0 Å². The van der Waals surface area contributed by atoms with Gasteiger partial charge in [0, 0.05) is 23.6 Å². The average Bonchev–Trinajstić information content (AvgIpc) is 2.39. The number of rotatable bonds is 3. The normalized spacial score (nSPS) is 11.9. The summed E-state index contributed by atoms with van der Waals surface area (Å²) in [4.78, 5) is 19.8. The van der Waals surface area contributed by atoms with E-state index in [-0.39, 0.29) is 11.9 Å². The fourth-order valence-corrected chi connectivity index (χ4v) is 1.69. The van der Waals surface area contributed by atoms with Gasteiger partial charge in [-0.05, 0) is 36.8 Å². The van der Waals surface area contributed by atoms with Gasteiger partial charge in [0.15, 0.2) is 0 Å². The minimum atomic E-state index is -0.248. The highest BCUT2D eigenvalue weighted by molar-refractivity contribution is 6.30. The maximum Gasteiger partial charge on any atom is 0.270 e. The number of hydrogen-bond acceptors (Lipinski definition) is 3. The number of carbonyl (C=O) groups is 1. The summed E-state index contributed by atoms with van der Waals surface area (Å²) >= 11 is 5.81. The number of carbonyl (C=O) groups excluding carboxylic acids is 1. The van der Waals surface area contributed by atoms with Crippen molar-refractivity contribution < 1.29 is 4.79 Å². The van der Waals surface area contributed by atoms with E-state index in [0.29, 0.717) is 10.7 Å². The standard InChI is InChI=1S/C13H12ClN3O/c1-9(10-2-5-15-6-3-10)17-13(18)12-8-11(14)4-7-16-12/h2-9H,1H3,(H,17,18)/t9-/m0/s1. The van der Waals surface area contributed by atoms with Gasteiger partial charge in [-0.2, -0.15) is 0 Å². The van der Waals surface area contributed by atoms with Crippen molar-refractivity contribution in [3.8, 4) is 0 Å². The highest BCUT2D eigenvalue weighted by Crippen LogP contribution is 2.12. The first-order valence-electron chi connectivity index (χ1n) is 5.49. The first kappa shape index (κ1) is 12.5. The lowest BCUT2D eigenvalue weighted by molar-refractivity contribution is 0.0935. The molecule has 0 aromatic carbocycles. The van der Waals surface area contributed by atoms with Crippen LogP contribution in [0.15, 0.2) is 42.9 Å². The van der Waals surface area contributed by atoms with Crippen LogP contribution in [0.2, 0.25) is 5.02 Å². The maximum absolute atomic E-state index is 11.9. The zero-order chi connectivity index (χ0) is 13.0. The minimum Gasteiger partial charge on any atom is -0.344 e. The summed E-state index contributed by atoms with van der Waals surface area (Å²) in [5.74, 6) is -0.248. The van der Waals surface area contributed by atoms with Gasteiger partial charge in [0.1, 0.15) is 5.69 Å². The molecule has 2 rings (SSSR count). The Morgan fingerprint density at radius 1 is 1.28 bits per heavy atom. The third-order valence-corrected chi connectivity index (χ3v) is 2.74. The summed E-state index contributed by atoms with van der Waals surface area (Å²) in [7, 11) is 0. The van der Waals surface area contributed by atoms with E-state index in [4.69, 9.17) is 11.6 Å². The fraction of sp³-hybridized carbons (Fsp3) is 0.154. The van der Waals surface area contributed by atoms with Gasteiger partial charge in [-0.3, -0.25) is 14.8 Å². The first-order valence-corrected chi connectivity index (χ1v) is 5.87. The second-order valence-corrected chi connectivity index (χ2v) is 4.27. The first-order chi connectivity index (χ1) is 8.66. The highest BCUT2D eigenvalue weighted by Gasteiger charge is 2.12. The van der Waals surface area contributed by atoms with Gasteiger partial charge in [-0.15, -0.1) is 0 Å². The number of nitrogens with one attached hydrogen (secondary N) is 1. The molecular weight excluding hydrogens is 250 g/mol. The van der Waals surface area contributed by atoms with E-state index < -0.39 is 0 Å². The summed E-state index contributed by atoms with van der Waals surface area (Å²) in [6.07, 6.45) is 4.89. The van der Waals surface area contributed by atoms with Gasteiger partial charge in [-0.1, -0.05) is 11.6 Å². The van der Waals surface area contributed by atoms with Crippen LogP contribution in [0.4, 0.5) is 0 Å². The molecule has 2 heterocycles. The molecule has 0 aliphatic heterocycles. The zero-order valence-electron chi connectivity index (χ0n) is 9.80. The van der Waals surface area contributed by atoms with Gasteiger partial charge in [-0.25, -0.2) is 0 Å². The molecule has 1 atom stereocenters. The van der Waals surface area contributed by atoms with Crippen molar-refractivity contribution in [2.45, 2.75) is 13.0 Å². The van der Waals surface area contributed by atoms with E-state index in [1.165, 1.54) is 12.3 Å². The number of halogens is 1. The Kier molecular flexibility index (Phi) is 3.89. The summed E-state index contributed by atoms with van der Waals surface area (Å²) < 4.78 is 0. The van der Waals surface area contributed by atoms with Gasteiger partial charge in [0.05, 0.1) is 6.04 Å². The topological polar surface area (TPSA) is 54.9 Å². The summed E-state index contributed by atoms with van der Waals surface area (Å²) in [5.41, 5.74) is 1.30. The van der Waals surface area contributed by atoms with Gasteiger partial charge in [0.2, 0.25) is 0 Å². The van der Waals surface area contributed by atoms with Crippen LogP contribution in [0.25, 0.3) is 0 Å². The third-order valence-electron chi connectivity index (χ3n) is 2.51. The van der Waals surface area contributed by atoms with Crippen molar-refractivity contribution in [3.05, 3.63) is 59.1 Å². The quantitative estimate of drug-likeness (QED) is 0.924. The number of hydrogen-bond donors (Lipinski definition) is 1. The van der Waals surface area contributed by atoms with Crippen LogP contribution in [-0.2, 0) is 0 Å². The molecule has 0 saturated carbocycles. The zero-order valence-corrected chi connectivity index (χ0v) is 10.6. The monoisotopic (exact) mass is 261 g/mol. The second-order valence-electron chi connectivity index (χ2n) is 3.83. The Morgan fingerprint density at radius 3 is 2.67 bits per heavy atom. The molecule has 5 heteroatoms. The van der Waals surface area contributed by atoms with E-state index in [0.717, 1.165) is 5.56 Å². The molecule has 0 aliphatic rings. The molecular formula is C13H12ClN3O. The molecule has 0 radical (unpaired) electrons. The Labute approximate surface area is 110 Å². The molecule has 0 aliphatic carbocycles. The van der Waals surface area contributed by atoms with Gasteiger partial charge in [0.25, 0.3) is 5.91 Å². The van der Waals surface area contributed by atoms with Crippen LogP contribution in [-0.4, -0.2) is 15.9 Å². The van der Waals surface area contributed by atoms with Crippen molar-refractivity contribution in [1.29, 1.82) is 0 Å². The molecule has 2 aromatic heterocycles. The minimum absolute atomic E-state index is 0.110. The maximum atomic E-state index is 11.9. The summed E-state index contributed by atoms with van der Waals surface area (Å²) in [6.45, 7) is 1.90. The van der Waals surface area contributed by atoms with E-state index in [1.807, 2.05) is 19.1 Å². The molecule has 0 saturated heterocycles.